The highest BCUT2D eigenvalue weighted by Gasteiger charge is 2.40. The molecule has 1 saturated heterocycles. The van der Waals surface area contributed by atoms with Crippen LogP contribution in [-0.2, 0) is 29.3 Å². The number of ether oxygens (including phenoxy) is 1. The molecule has 2 fully saturated rings. The van der Waals surface area contributed by atoms with Crippen LogP contribution in [0.4, 0.5) is 0 Å². The van der Waals surface area contributed by atoms with E-state index in [4.69, 9.17) is 4.74 Å². The van der Waals surface area contributed by atoms with Gasteiger partial charge in [0.1, 0.15) is 18.1 Å². The topological polar surface area (TPSA) is 66.9 Å². The zero-order valence-corrected chi connectivity index (χ0v) is 21.4. The normalized spacial score (nSPS) is 21.4. The van der Waals surface area contributed by atoms with Crippen molar-refractivity contribution in [3.05, 3.63) is 64.7 Å². The molecular formula is C30H36N2O4. The Hall–Kier alpha value is -2.99. The zero-order valence-electron chi connectivity index (χ0n) is 21.4. The van der Waals surface area contributed by atoms with Gasteiger partial charge in [0.15, 0.2) is 5.78 Å². The lowest BCUT2D eigenvalue weighted by atomic mass is 9.86. The maximum Gasteiger partial charge on any atom is 0.255 e. The second-order valence-corrected chi connectivity index (χ2v) is 10.9. The SMILES string of the molecule is CC(C)C1CCN(Cc2cccc(COc3cccc4c3CN(C3CCC(=O)CC3=O)C4=O)c2)CC1. The van der Waals surface area contributed by atoms with E-state index in [1.165, 1.54) is 18.4 Å². The van der Waals surface area contributed by atoms with Gasteiger partial charge in [-0.2, -0.15) is 0 Å². The predicted octanol–water partition coefficient (Wildman–Crippen LogP) is 4.78. The number of amides is 1. The number of ketones is 2. The van der Waals surface area contributed by atoms with Crippen LogP contribution in [0.3, 0.4) is 0 Å². The molecule has 2 aromatic carbocycles. The van der Waals surface area contributed by atoms with Crippen molar-refractivity contribution in [1.29, 1.82) is 0 Å². The lowest BCUT2D eigenvalue weighted by Crippen LogP contribution is -2.44. The van der Waals surface area contributed by atoms with Crippen molar-refractivity contribution in [3.8, 4) is 5.75 Å². The number of piperidine rings is 1. The first kappa shape index (κ1) is 24.7. The Balaban J connectivity index is 1.22. The van der Waals surface area contributed by atoms with E-state index in [0.717, 1.165) is 42.6 Å². The summed E-state index contributed by atoms with van der Waals surface area (Å²) in [6.45, 7) is 8.70. The molecule has 2 aliphatic heterocycles. The summed E-state index contributed by atoms with van der Waals surface area (Å²) in [4.78, 5) is 41.3. The van der Waals surface area contributed by atoms with Crippen molar-refractivity contribution in [3.63, 3.8) is 0 Å². The first-order chi connectivity index (χ1) is 17.4. The Morgan fingerprint density at radius 2 is 1.72 bits per heavy atom. The summed E-state index contributed by atoms with van der Waals surface area (Å²) >= 11 is 0. The van der Waals surface area contributed by atoms with Gasteiger partial charge in [0.05, 0.1) is 19.0 Å². The van der Waals surface area contributed by atoms with Crippen LogP contribution in [0.5, 0.6) is 5.75 Å². The summed E-state index contributed by atoms with van der Waals surface area (Å²) < 4.78 is 6.22. The van der Waals surface area contributed by atoms with Crippen molar-refractivity contribution in [2.45, 2.75) is 71.7 Å². The number of likely N-dealkylation sites (tertiary alicyclic amines) is 1. The Kier molecular flexibility index (Phi) is 7.24. The first-order valence-electron chi connectivity index (χ1n) is 13.3. The summed E-state index contributed by atoms with van der Waals surface area (Å²) in [7, 11) is 0. The summed E-state index contributed by atoms with van der Waals surface area (Å²) in [6, 6.07) is 13.6. The minimum absolute atomic E-state index is 0.0355. The van der Waals surface area contributed by atoms with Gasteiger partial charge in [0.2, 0.25) is 0 Å². The van der Waals surface area contributed by atoms with Crippen LogP contribution < -0.4 is 4.74 Å². The number of hydrogen-bond acceptors (Lipinski definition) is 5. The van der Waals surface area contributed by atoms with E-state index in [-0.39, 0.29) is 23.9 Å². The molecule has 0 bridgehead atoms. The van der Waals surface area contributed by atoms with Crippen molar-refractivity contribution >= 4 is 17.5 Å². The van der Waals surface area contributed by atoms with Gasteiger partial charge in [-0.1, -0.05) is 44.2 Å². The minimum atomic E-state index is -0.516. The molecule has 1 unspecified atom stereocenters. The molecule has 1 saturated carbocycles. The van der Waals surface area contributed by atoms with Gasteiger partial charge >= 0.3 is 0 Å². The number of fused-ring (bicyclic) bond motifs is 1. The molecule has 2 heterocycles. The maximum atomic E-state index is 13.1. The van der Waals surface area contributed by atoms with Crippen LogP contribution in [0, 0.1) is 11.8 Å². The standard InChI is InChI=1S/C30H36N2O4/c1-20(2)23-11-13-31(14-12-23)17-21-5-3-6-22(15-21)19-36-29-8-4-7-25-26(29)18-32(30(25)35)27-10-9-24(33)16-28(27)34/h3-8,15,20,23,27H,9-14,16-19H2,1-2H3. The molecule has 1 aliphatic carbocycles. The molecule has 2 aromatic rings. The molecule has 0 radical (unpaired) electrons. The predicted molar refractivity (Wildman–Crippen MR) is 138 cm³/mol. The van der Waals surface area contributed by atoms with Crippen molar-refractivity contribution in [1.82, 2.24) is 9.80 Å². The molecule has 5 rings (SSSR count). The molecule has 3 aliphatic rings. The number of benzene rings is 2. The van der Waals surface area contributed by atoms with E-state index in [2.05, 4.69) is 43.0 Å². The molecule has 190 valence electrons. The van der Waals surface area contributed by atoms with E-state index < -0.39 is 6.04 Å². The van der Waals surface area contributed by atoms with Crippen LogP contribution >= 0.6 is 0 Å². The zero-order chi connectivity index (χ0) is 25.2. The number of carbonyl (C=O) groups excluding carboxylic acids is 3. The molecule has 0 aromatic heterocycles. The van der Waals surface area contributed by atoms with E-state index in [0.29, 0.717) is 37.3 Å². The largest absolute Gasteiger partial charge is 0.489 e. The van der Waals surface area contributed by atoms with E-state index >= 15 is 0 Å². The average molecular weight is 489 g/mol. The molecular weight excluding hydrogens is 452 g/mol. The monoisotopic (exact) mass is 488 g/mol. The third-order valence-electron chi connectivity index (χ3n) is 8.14. The Morgan fingerprint density at radius 1 is 0.972 bits per heavy atom. The van der Waals surface area contributed by atoms with E-state index in [1.807, 2.05) is 12.1 Å². The lowest BCUT2D eigenvalue weighted by molar-refractivity contribution is -0.133. The van der Waals surface area contributed by atoms with Crippen LogP contribution in [-0.4, -0.2) is 46.4 Å². The van der Waals surface area contributed by atoms with Crippen LogP contribution in [0.25, 0.3) is 0 Å². The van der Waals surface area contributed by atoms with Crippen LogP contribution in [0.2, 0.25) is 0 Å². The summed E-state index contributed by atoms with van der Waals surface area (Å²) in [5, 5.41) is 0. The molecule has 1 atom stereocenters. The second kappa shape index (κ2) is 10.6. The van der Waals surface area contributed by atoms with Gasteiger partial charge in [-0.3, -0.25) is 19.3 Å². The van der Waals surface area contributed by atoms with Gasteiger partial charge in [0, 0.05) is 24.1 Å². The van der Waals surface area contributed by atoms with Gasteiger partial charge in [-0.05, 0) is 67.4 Å². The van der Waals surface area contributed by atoms with E-state index in [1.54, 1.807) is 11.0 Å². The smallest absolute Gasteiger partial charge is 0.255 e. The maximum absolute atomic E-state index is 13.1. The Labute approximate surface area is 213 Å². The highest BCUT2D eigenvalue weighted by molar-refractivity contribution is 6.07. The first-order valence-corrected chi connectivity index (χ1v) is 13.3. The van der Waals surface area contributed by atoms with Crippen molar-refractivity contribution < 1.29 is 19.1 Å². The highest BCUT2D eigenvalue weighted by atomic mass is 16.5. The number of hydrogen-bond donors (Lipinski definition) is 0. The molecule has 0 spiro atoms. The molecule has 6 nitrogen and oxygen atoms in total. The fourth-order valence-corrected chi connectivity index (χ4v) is 5.92. The van der Waals surface area contributed by atoms with Gasteiger partial charge in [0.25, 0.3) is 5.91 Å². The van der Waals surface area contributed by atoms with Crippen LogP contribution in [0.1, 0.15) is 73.0 Å². The molecule has 1 amide bonds. The minimum Gasteiger partial charge on any atom is -0.489 e. The van der Waals surface area contributed by atoms with E-state index in [9.17, 15) is 14.4 Å². The molecule has 0 N–H and O–H groups in total. The Bertz CT molecular complexity index is 1150. The fourth-order valence-electron chi connectivity index (χ4n) is 5.92. The second-order valence-electron chi connectivity index (χ2n) is 10.9. The Morgan fingerprint density at radius 3 is 2.47 bits per heavy atom. The lowest BCUT2D eigenvalue weighted by Gasteiger charge is -2.33. The third kappa shape index (κ3) is 5.24. The summed E-state index contributed by atoms with van der Waals surface area (Å²) in [5.74, 6) is 1.96. The average Bonchev–Trinajstić information content (AvgIpc) is 3.20. The molecule has 6 heteroatoms. The highest BCUT2D eigenvalue weighted by Crippen LogP contribution is 2.34. The number of rotatable bonds is 7. The van der Waals surface area contributed by atoms with Crippen LogP contribution in [0.15, 0.2) is 42.5 Å². The van der Waals surface area contributed by atoms with Crippen molar-refractivity contribution in [2.75, 3.05) is 13.1 Å². The summed E-state index contributed by atoms with van der Waals surface area (Å²) in [5.41, 5.74) is 3.82. The number of carbonyl (C=O) groups is 3. The fraction of sp³-hybridized carbons (Fsp3) is 0.500. The van der Waals surface area contributed by atoms with Crippen molar-refractivity contribution in [2.24, 2.45) is 11.8 Å². The quantitative estimate of drug-likeness (QED) is 0.525. The van der Waals surface area contributed by atoms with Gasteiger partial charge < -0.3 is 9.64 Å². The number of nitrogens with zero attached hydrogens (tertiary/aromatic N) is 2. The van der Waals surface area contributed by atoms with Gasteiger partial charge in [-0.15, -0.1) is 0 Å². The third-order valence-corrected chi connectivity index (χ3v) is 8.14. The van der Waals surface area contributed by atoms with Gasteiger partial charge in [-0.25, -0.2) is 0 Å². The number of Topliss-reactive ketones (excluding diaryl/α,β-unsaturated/α-hetero) is 2. The summed E-state index contributed by atoms with van der Waals surface area (Å²) in [6.07, 6.45) is 3.25. The molecule has 36 heavy (non-hydrogen) atoms.